The molecule has 1 fully saturated rings. The predicted molar refractivity (Wildman–Crippen MR) is 87.0 cm³/mol. The minimum absolute atomic E-state index is 0.0469. The average Bonchev–Trinajstić information content (AvgIpc) is 3.12. The lowest BCUT2D eigenvalue weighted by Crippen LogP contribution is -2.41. The summed E-state index contributed by atoms with van der Waals surface area (Å²) in [5.41, 5.74) is -0.202. The fourth-order valence-corrected chi connectivity index (χ4v) is 3.42. The smallest absolute Gasteiger partial charge is 0.342 e. The summed E-state index contributed by atoms with van der Waals surface area (Å²) in [6.45, 7) is 6.40. The first-order valence-electron chi connectivity index (χ1n) is 8.23. The molecule has 0 spiro atoms. The summed E-state index contributed by atoms with van der Waals surface area (Å²) < 4.78 is 11.1. The van der Waals surface area contributed by atoms with Gasteiger partial charge in [0.1, 0.15) is 12.7 Å². The van der Waals surface area contributed by atoms with E-state index < -0.39 is 17.5 Å². The quantitative estimate of drug-likeness (QED) is 0.407. The highest BCUT2D eigenvalue weighted by molar-refractivity contribution is 5.93. The van der Waals surface area contributed by atoms with Gasteiger partial charge >= 0.3 is 11.9 Å². The van der Waals surface area contributed by atoms with Gasteiger partial charge in [-0.05, 0) is 44.4 Å². The number of hydrogen-bond donors (Lipinski definition) is 1. The normalized spacial score (nSPS) is 38.4. The maximum absolute atomic E-state index is 12.5. The summed E-state index contributed by atoms with van der Waals surface area (Å²) in [5, 5.41) is 10.5. The van der Waals surface area contributed by atoms with E-state index in [2.05, 4.69) is 4.90 Å². The first-order chi connectivity index (χ1) is 11.3. The molecule has 6 nitrogen and oxygen atoms in total. The Balaban J connectivity index is 1.98. The van der Waals surface area contributed by atoms with Gasteiger partial charge in [-0.15, -0.1) is 0 Å². The standard InChI is InChI=1S/C18H23NO5/c1-4-12-9-11(2)18(3,22)17(21)23-10-13-5-7-19-8-6-14(15(13)19)24-16(12)20/h4-5,9,14-15,22H,6-8,10H2,1-3H3/b11-9-,12-4+. The van der Waals surface area contributed by atoms with Crippen LogP contribution in [0.25, 0.3) is 0 Å². The molecule has 0 aromatic rings. The Labute approximate surface area is 141 Å². The Kier molecular flexibility index (Phi) is 4.36. The molecule has 0 radical (unpaired) electrons. The second-order valence-corrected chi connectivity index (χ2v) is 6.67. The SMILES string of the molecule is C/C=C1\C=C(\C)C(C)(O)C(=O)OCC2=CCN3CCC(OC1=O)C23. The van der Waals surface area contributed by atoms with Crippen LogP contribution in [0.5, 0.6) is 0 Å². The summed E-state index contributed by atoms with van der Waals surface area (Å²) in [5.74, 6) is -1.14. The molecule has 0 saturated carbocycles. The molecule has 0 aromatic heterocycles. The molecule has 3 aliphatic rings. The fourth-order valence-electron chi connectivity index (χ4n) is 3.42. The molecule has 3 rings (SSSR count). The monoisotopic (exact) mass is 333 g/mol. The van der Waals surface area contributed by atoms with Crippen LogP contribution in [-0.4, -0.2) is 59.4 Å². The van der Waals surface area contributed by atoms with Gasteiger partial charge in [0, 0.05) is 13.1 Å². The lowest BCUT2D eigenvalue weighted by atomic mass is 9.94. The van der Waals surface area contributed by atoms with Crippen molar-refractivity contribution < 1.29 is 24.2 Å². The van der Waals surface area contributed by atoms with E-state index in [4.69, 9.17) is 9.47 Å². The third-order valence-corrected chi connectivity index (χ3v) is 5.13. The van der Waals surface area contributed by atoms with Crippen LogP contribution in [0, 0.1) is 0 Å². The van der Waals surface area contributed by atoms with Gasteiger partial charge in [-0.3, -0.25) is 4.90 Å². The Hall–Kier alpha value is -1.92. The number of hydrogen-bond acceptors (Lipinski definition) is 6. The van der Waals surface area contributed by atoms with Crippen LogP contribution in [0.2, 0.25) is 0 Å². The van der Waals surface area contributed by atoms with Crippen LogP contribution in [0.1, 0.15) is 27.2 Å². The van der Waals surface area contributed by atoms with Crippen LogP contribution in [0.3, 0.4) is 0 Å². The third-order valence-electron chi connectivity index (χ3n) is 5.13. The maximum atomic E-state index is 12.5. The number of cyclic esters (lactones) is 1. The molecule has 0 aliphatic carbocycles. The molecule has 3 aliphatic heterocycles. The number of aliphatic hydroxyl groups is 1. The van der Waals surface area contributed by atoms with E-state index in [1.807, 2.05) is 6.08 Å². The maximum Gasteiger partial charge on any atom is 0.342 e. The zero-order valence-electron chi connectivity index (χ0n) is 14.2. The van der Waals surface area contributed by atoms with Crippen molar-refractivity contribution in [2.45, 2.75) is 44.9 Å². The molecule has 3 heterocycles. The Morgan fingerprint density at radius 1 is 1.42 bits per heavy atom. The van der Waals surface area contributed by atoms with Crippen molar-refractivity contribution in [2.75, 3.05) is 19.7 Å². The van der Waals surface area contributed by atoms with Crippen LogP contribution in [0.4, 0.5) is 0 Å². The van der Waals surface area contributed by atoms with Crippen molar-refractivity contribution in [2.24, 2.45) is 0 Å². The summed E-state index contributed by atoms with van der Waals surface area (Å²) >= 11 is 0. The van der Waals surface area contributed by atoms with E-state index >= 15 is 0 Å². The summed E-state index contributed by atoms with van der Waals surface area (Å²) in [7, 11) is 0. The van der Waals surface area contributed by atoms with E-state index in [9.17, 15) is 14.7 Å². The Morgan fingerprint density at radius 2 is 2.17 bits per heavy atom. The minimum atomic E-state index is -1.79. The minimum Gasteiger partial charge on any atom is -0.459 e. The molecule has 0 amide bonds. The van der Waals surface area contributed by atoms with Crippen LogP contribution in [-0.2, 0) is 19.1 Å². The van der Waals surface area contributed by atoms with Crippen molar-refractivity contribution >= 4 is 11.9 Å². The molecule has 0 aromatic carbocycles. The van der Waals surface area contributed by atoms with Crippen LogP contribution in [0.15, 0.2) is 34.9 Å². The average molecular weight is 333 g/mol. The number of rotatable bonds is 0. The molecular weight excluding hydrogens is 310 g/mol. The molecular formula is C18H23NO5. The highest BCUT2D eigenvalue weighted by atomic mass is 16.6. The van der Waals surface area contributed by atoms with Crippen LogP contribution >= 0.6 is 0 Å². The largest absolute Gasteiger partial charge is 0.459 e. The number of ether oxygens (including phenoxy) is 2. The molecule has 6 heteroatoms. The van der Waals surface area contributed by atoms with E-state index in [0.717, 1.165) is 25.1 Å². The van der Waals surface area contributed by atoms with Gasteiger partial charge in [0.05, 0.1) is 11.6 Å². The number of carbonyl (C=O) groups is 2. The second-order valence-electron chi connectivity index (χ2n) is 6.67. The number of esters is 2. The molecule has 3 unspecified atom stereocenters. The zero-order valence-corrected chi connectivity index (χ0v) is 14.2. The fraction of sp³-hybridized carbons (Fsp3) is 0.556. The summed E-state index contributed by atoms with van der Waals surface area (Å²) in [4.78, 5) is 27.0. The van der Waals surface area contributed by atoms with Crippen molar-refractivity contribution in [1.82, 2.24) is 4.90 Å². The predicted octanol–water partition coefficient (Wildman–Crippen LogP) is 1.11. The summed E-state index contributed by atoms with van der Waals surface area (Å²) in [6, 6.07) is -0.0469. The highest BCUT2D eigenvalue weighted by Crippen LogP contribution is 2.33. The van der Waals surface area contributed by atoms with E-state index in [0.29, 0.717) is 11.1 Å². The zero-order chi connectivity index (χ0) is 17.5. The molecule has 1 N–H and O–H groups in total. The lowest BCUT2D eigenvalue weighted by molar-refractivity contribution is -0.159. The first kappa shape index (κ1) is 16.9. The lowest BCUT2D eigenvalue weighted by Gasteiger charge is -2.27. The molecule has 1 saturated heterocycles. The topological polar surface area (TPSA) is 76.1 Å². The van der Waals surface area contributed by atoms with Gasteiger partial charge in [0.25, 0.3) is 0 Å². The van der Waals surface area contributed by atoms with Gasteiger partial charge < -0.3 is 14.6 Å². The second kappa shape index (κ2) is 6.18. The van der Waals surface area contributed by atoms with E-state index in [-0.39, 0.29) is 18.8 Å². The first-order valence-corrected chi connectivity index (χ1v) is 8.23. The van der Waals surface area contributed by atoms with Crippen molar-refractivity contribution in [3.8, 4) is 0 Å². The van der Waals surface area contributed by atoms with E-state index in [1.54, 1.807) is 19.9 Å². The van der Waals surface area contributed by atoms with Crippen molar-refractivity contribution in [3.63, 3.8) is 0 Å². The van der Waals surface area contributed by atoms with Crippen molar-refractivity contribution in [3.05, 3.63) is 34.9 Å². The Morgan fingerprint density at radius 3 is 2.88 bits per heavy atom. The van der Waals surface area contributed by atoms with E-state index in [1.165, 1.54) is 13.0 Å². The number of allylic oxidation sites excluding steroid dienone is 1. The molecule has 3 atom stereocenters. The number of carbonyl (C=O) groups excluding carboxylic acids is 2. The van der Waals surface area contributed by atoms with Gasteiger partial charge in [0.2, 0.25) is 0 Å². The van der Waals surface area contributed by atoms with Crippen LogP contribution < -0.4 is 0 Å². The molecule has 130 valence electrons. The highest BCUT2D eigenvalue weighted by Gasteiger charge is 2.43. The van der Waals surface area contributed by atoms with Gasteiger partial charge in [0.15, 0.2) is 5.60 Å². The van der Waals surface area contributed by atoms with Gasteiger partial charge in [-0.25, -0.2) is 9.59 Å². The molecule has 24 heavy (non-hydrogen) atoms. The Bertz CT molecular complexity index is 658. The third kappa shape index (κ3) is 2.80. The summed E-state index contributed by atoms with van der Waals surface area (Å²) in [6.07, 6.45) is 5.64. The van der Waals surface area contributed by atoms with Gasteiger partial charge in [-0.2, -0.15) is 0 Å². The van der Waals surface area contributed by atoms with Crippen molar-refractivity contribution in [1.29, 1.82) is 0 Å². The molecule has 0 bridgehead atoms. The van der Waals surface area contributed by atoms with Gasteiger partial charge in [-0.1, -0.05) is 12.2 Å². The number of nitrogens with zero attached hydrogens (tertiary/aromatic N) is 1.